The van der Waals surface area contributed by atoms with Gasteiger partial charge >= 0.3 is 29.8 Å². The molecule has 0 aliphatic heterocycles. The minimum absolute atomic E-state index is 0.0119. The lowest BCUT2D eigenvalue weighted by molar-refractivity contribution is 0.0676. The van der Waals surface area contributed by atoms with Gasteiger partial charge in [0.05, 0.1) is 79.3 Å². The van der Waals surface area contributed by atoms with Crippen molar-refractivity contribution in [2.24, 2.45) is 20.5 Å². The van der Waals surface area contributed by atoms with E-state index in [4.69, 9.17) is 0 Å². The molecular weight excluding hydrogens is 1270 g/mol. The maximum atomic E-state index is 13.0. The number of nitrogens with zero attached hydrogens (tertiary/aromatic N) is 10. The van der Waals surface area contributed by atoms with Crippen LogP contribution in [0.3, 0.4) is 0 Å². The molecule has 2 aromatic heterocycles. The number of azo groups is 2. The third kappa shape index (κ3) is 15.1. The molecule has 7 aromatic carbocycles. The highest BCUT2D eigenvalue weighted by atomic mass is 32.2. The number of phenols is 2. The molecule has 0 aliphatic carbocycles. The number of aliphatic hydroxyl groups excluding tert-OH is 2. The van der Waals surface area contributed by atoms with Crippen LogP contribution in [0, 0.1) is 13.8 Å². The van der Waals surface area contributed by atoms with Crippen molar-refractivity contribution in [3.05, 3.63) is 130 Å². The topological polar surface area (TPSA) is 575 Å². The summed E-state index contributed by atoms with van der Waals surface area (Å²) in [5.74, 6) is -10.9. The molecule has 93 heavy (non-hydrogen) atoms. The van der Waals surface area contributed by atoms with Crippen molar-refractivity contribution in [3.63, 3.8) is 0 Å². The number of nitrogens with one attached hydrogen (secondary N) is 6. The van der Waals surface area contributed by atoms with Crippen molar-refractivity contribution in [1.82, 2.24) is 29.9 Å². The van der Waals surface area contributed by atoms with E-state index >= 15 is 0 Å². The number of aromatic nitrogens is 6. The van der Waals surface area contributed by atoms with Crippen molar-refractivity contribution >= 4 is 153 Å². The summed E-state index contributed by atoms with van der Waals surface area (Å²) in [6.07, 6.45) is 0. The lowest BCUT2D eigenvalue weighted by Crippen LogP contribution is -2.13. The van der Waals surface area contributed by atoms with Gasteiger partial charge in [-0.1, -0.05) is 0 Å². The van der Waals surface area contributed by atoms with Gasteiger partial charge in [-0.2, -0.15) is 57.0 Å². The second-order valence-electron chi connectivity index (χ2n) is 19.5. The number of aliphatic hydroxyl groups is 2. The highest BCUT2D eigenvalue weighted by molar-refractivity contribution is 7.86. The summed E-state index contributed by atoms with van der Waals surface area (Å²) in [6.45, 7) is 1.68. The Morgan fingerprint density at radius 3 is 1.13 bits per heavy atom. The van der Waals surface area contributed by atoms with Crippen LogP contribution in [0.25, 0.3) is 21.5 Å². The maximum absolute atomic E-state index is 13.0. The second kappa shape index (κ2) is 26.5. The van der Waals surface area contributed by atoms with Crippen LogP contribution in [0.2, 0.25) is 0 Å². The van der Waals surface area contributed by atoms with Gasteiger partial charge in [-0.05, 0) is 127 Å². The van der Waals surface area contributed by atoms with Gasteiger partial charge < -0.3 is 77.9 Å². The minimum atomic E-state index is -4.99. The predicted octanol–water partition coefficient (Wildman–Crippen LogP) is 7.99. The number of fused-ring (bicyclic) bond motifs is 2. The summed E-state index contributed by atoms with van der Waals surface area (Å²) in [6, 6.07) is 16.1. The first-order valence-electron chi connectivity index (χ1n) is 26.3. The number of hydrogen-bond donors (Lipinski definition) is 17. The Kier molecular flexibility index (Phi) is 18.6. The summed E-state index contributed by atoms with van der Waals surface area (Å²) >= 11 is 0. The van der Waals surface area contributed by atoms with E-state index in [0.29, 0.717) is 0 Å². The molecule has 0 saturated heterocycles. The van der Waals surface area contributed by atoms with Crippen LogP contribution in [0.1, 0.15) is 62.9 Å². The zero-order valence-electron chi connectivity index (χ0n) is 47.4. The van der Waals surface area contributed by atoms with Crippen LogP contribution in [0.4, 0.5) is 81.2 Å². The van der Waals surface area contributed by atoms with E-state index in [1.54, 1.807) is 0 Å². The van der Waals surface area contributed by atoms with Gasteiger partial charge in [0.15, 0.2) is 11.5 Å². The number of aromatic carboxylic acids is 5. The number of carbonyl (C=O) groups is 5. The molecule has 17 N–H and O–H groups in total. The number of carboxylic acids is 5. The molecule has 36 nitrogen and oxygen atoms in total. The molecule has 0 radical (unpaired) electrons. The summed E-state index contributed by atoms with van der Waals surface area (Å²) in [7, 11) is -9.96. The first-order chi connectivity index (χ1) is 44.0. The second-order valence-corrected chi connectivity index (χ2v) is 22.3. The van der Waals surface area contributed by atoms with Gasteiger partial charge in [0.25, 0.3) is 20.2 Å². The molecule has 2 heterocycles. The molecule has 0 spiro atoms. The fourth-order valence-electron chi connectivity index (χ4n) is 8.91. The van der Waals surface area contributed by atoms with Crippen LogP contribution in [0.15, 0.2) is 121 Å². The smallest absolute Gasteiger partial charge is 0.337 e. The molecule has 0 atom stereocenters. The summed E-state index contributed by atoms with van der Waals surface area (Å²) in [5.41, 5.74) is -3.73. The Morgan fingerprint density at radius 1 is 0.430 bits per heavy atom. The number of anilines is 10. The molecule has 0 amide bonds. The monoisotopic (exact) mass is 1310 g/mol. The van der Waals surface area contributed by atoms with Gasteiger partial charge in [0.1, 0.15) is 11.4 Å². The van der Waals surface area contributed by atoms with Crippen molar-refractivity contribution < 1.29 is 95.9 Å². The Hall–Kier alpha value is -12.2. The molecule has 0 aliphatic rings. The largest absolute Gasteiger partial charge is 0.505 e. The van der Waals surface area contributed by atoms with Crippen molar-refractivity contribution in [3.8, 4) is 11.5 Å². The molecule has 0 bridgehead atoms. The first-order valence-corrected chi connectivity index (χ1v) is 29.1. The Labute approximate surface area is 520 Å². The van der Waals surface area contributed by atoms with E-state index in [1.807, 2.05) is 0 Å². The Bertz CT molecular complexity index is 4860. The number of phenolic OH excluding ortho intramolecular Hbond substituents is 2. The van der Waals surface area contributed by atoms with Crippen molar-refractivity contribution in [2.75, 3.05) is 58.2 Å². The average molecular weight is 1320 g/mol. The number of aromatic hydroxyl groups is 2. The molecule has 9 rings (SSSR count). The standard InChI is InChI=1S/C55H46N16O20S2/c1-22-9-24-17-33(92(86,87)88)20-37(39(24)43(74)41(22)70-68-31-13-26(45(76)77)11-27(14-31)46(78)79)60-54-64-50(56-5-7-72)62-52(66-54)58-30-3-4-36(35(19-30)49(84)85)59-53-63-51(57-6-8-73)65-55(67-53)61-38-21-34(93(89,90)91)18-25-10-23(2)42(44(75)40(25)38)71-69-32-15-28(47(80)81)12-29(16-32)48(82)83/h3-4,9-21,72-75H,5-8H2,1-2H3,(H,76,77)(H,78,79)(H,80,81)(H,82,83)(H,84,85)(H,86,87,88)(H,89,90,91)(H3,56,58,60,62,64,66)(H3,57,59,61,63,65,67). The minimum Gasteiger partial charge on any atom is -0.505 e. The normalized spacial score (nSPS) is 11.7. The van der Waals surface area contributed by atoms with Gasteiger partial charge in [-0.25, -0.2) is 24.0 Å². The third-order valence-electron chi connectivity index (χ3n) is 13.0. The average Bonchev–Trinajstić information content (AvgIpc) is 0.767. The van der Waals surface area contributed by atoms with Gasteiger partial charge in [-0.3, -0.25) is 9.11 Å². The lowest BCUT2D eigenvalue weighted by Gasteiger charge is -2.16. The number of rotatable bonds is 25. The van der Waals surface area contributed by atoms with Crippen LogP contribution in [0.5, 0.6) is 11.5 Å². The zero-order valence-corrected chi connectivity index (χ0v) is 49.0. The van der Waals surface area contributed by atoms with E-state index in [2.05, 4.69) is 82.3 Å². The summed E-state index contributed by atoms with van der Waals surface area (Å²) in [4.78, 5) is 84.4. The molecular formula is C55H46N16O20S2. The fraction of sp³-hybridized carbons (Fsp3) is 0.109. The van der Waals surface area contributed by atoms with Crippen LogP contribution in [-0.4, -0.2) is 158 Å². The number of aryl methyl sites for hydroxylation is 2. The molecule has 0 unspecified atom stereocenters. The summed E-state index contributed by atoms with van der Waals surface area (Å²) < 4.78 is 70.9. The fourth-order valence-corrected chi connectivity index (χ4v) is 9.99. The van der Waals surface area contributed by atoms with Crippen LogP contribution < -0.4 is 31.9 Å². The molecule has 0 saturated carbocycles. The quantitative estimate of drug-likeness (QED) is 0.0190. The molecule has 9 aromatic rings. The van der Waals surface area contributed by atoms with E-state index in [9.17, 15) is 95.9 Å². The first kappa shape index (κ1) is 65.2. The molecule has 38 heteroatoms. The van der Waals surface area contributed by atoms with Gasteiger partial charge in [0, 0.05) is 29.5 Å². The third-order valence-corrected chi connectivity index (χ3v) is 14.6. The number of carboxylic acid groups (broad SMARTS) is 5. The molecule has 0 fully saturated rings. The number of hydrogen-bond acceptors (Lipinski definition) is 29. The van der Waals surface area contributed by atoms with Crippen molar-refractivity contribution in [1.29, 1.82) is 0 Å². The van der Waals surface area contributed by atoms with E-state index in [0.717, 1.165) is 66.7 Å². The Morgan fingerprint density at radius 2 is 0.785 bits per heavy atom. The molecule has 478 valence electrons. The van der Waals surface area contributed by atoms with E-state index < -0.39 is 130 Å². The zero-order chi connectivity index (χ0) is 67.4. The maximum Gasteiger partial charge on any atom is 0.337 e. The van der Waals surface area contributed by atoms with E-state index in [1.165, 1.54) is 38.1 Å². The van der Waals surface area contributed by atoms with E-state index in [-0.39, 0.29) is 109 Å². The number of benzene rings is 7. The van der Waals surface area contributed by atoms with Crippen molar-refractivity contribution in [2.45, 2.75) is 23.6 Å². The van der Waals surface area contributed by atoms with Gasteiger partial charge in [-0.15, -0.1) is 10.2 Å². The predicted molar refractivity (Wildman–Crippen MR) is 327 cm³/mol. The highest BCUT2D eigenvalue weighted by Gasteiger charge is 2.25. The Balaban J connectivity index is 1.06. The van der Waals surface area contributed by atoms with Crippen LogP contribution in [-0.2, 0) is 20.2 Å². The highest BCUT2D eigenvalue weighted by Crippen LogP contribution is 2.46. The SMILES string of the molecule is Cc1cc2cc(S(=O)(=O)O)cc(Nc3nc(NCCO)nc(Nc4ccc(Nc5nc(NCCO)nc(Nc6cc(S(=O)(=O)O)cc7cc(C)c(N=Nc8cc(C(=O)O)cc(C(=O)O)c8)c(O)c67)n5)c(C(=O)O)c4)n3)c2c(O)c1N=Nc1cc(C(=O)O)cc(C(=O)O)c1. The lowest BCUT2D eigenvalue weighted by atomic mass is 10.0. The van der Waals surface area contributed by atoms with Crippen LogP contribution >= 0.6 is 0 Å². The summed E-state index contributed by atoms with van der Waals surface area (Å²) in [5, 5.41) is 124. The van der Waals surface area contributed by atoms with Gasteiger partial charge in [0.2, 0.25) is 35.7 Å².